The normalized spacial score (nSPS) is 21.0. The second-order valence-corrected chi connectivity index (χ2v) is 14.9. The number of rotatable bonds is 7. The molecule has 5 heteroatoms. The molecule has 4 aromatic carbocycles. The molecule has 0 radical (unpaired) electrons. The molecule has 0 spiro atoms. The van der Waals surface area contributed by atoms with Gasteiger partial charge >= 0.3 is 0 Å². The van der Waals surface area contributed by atoms with Gasteiger partial charge in [0.25, 0.3) is 0 Å². The highest BCUT2D eigenvalue weighted by atomic mass is 35.5. The van der Waals surface area contributed by atoms with Gasteiger partial charge in [0.1, 0.15) is 0 Å². The summed E-state index contributed by atoms with van der Waals surface area (Å²) < 4.78 is 0. The maximum absolute atomic E-state index is 5.73. The number of hydrogen-bond acceptors (Lipinski definition) is 4. The lowest BCUT2D eigenvalue weighted by atomic mass is 10.0. The molecular weight excluding hydrogens is 620 g/mol. The predicted octanol–water partition coefficient (Wildman–Crippen LogP) is 9.12. The topological polar surface area (TPSA) is 21.8 Å². The Hall–Kier alpha value is -3.31. The van der Waals surface area contributed by atoms with Crippen molar-refractivity contribution in [2.45, 2.75) is 88.4 Å². The fourth-order valence-corrected chi connectivity index (χ4v) is 8.60. The van der Waals surface area contributed by atoms with Crippen molar-refractivity contribution < 1.29 is 0 Å². The molecule has 8 rings (SSSR count). The number of likely N-dealkylation sites (tertiary alicyclic amines) is 2. The molecular formula is C44H57ClN4. The van der Waals surface area contributed by atoms with Crippen LogP contribution >= 0.6 is 11.6 Å². The summed E-state index contributed by atoms with van der Waals surface area (Å²) >= 11 is 5.73. The number of fused-ring (bicyclic) bond motifs is 2. The predicted molar refractivity (Wildman–Crippen MR) is 210 cm³/mol. The summed E-state index contributed by atoms with van der Waals surface area (Å²) in [7, 11) is 4.46. The molecule has 2 saturated heterocycles. The maximum atomic E-state index is 5.73. The minimum atomic E-state index is 0.555. The Morgan fingerprint density at radius 3 is 1.55 bits per heavy atom. The van der Waals surface area contributed by atoms with Gasteiger partial charge in [-0.15, -0.1) is 11.6 Å². The molecule has 0 saturated carbocycles. The molecule has 4 nitrogen and oxygen atoms in total. The van der Waals surface area contributed by atoms with Crippen molar-refractivity contribution in [2.75, 3.05) is 49.8 Å². The van der Waals surface area contributed by atoms with E-state index in [9.17, 15) is 0 Å². The monoisotopic (exact) mass is 676 g/mol. The van der Waals surface area contributed by atoms with E-state index in [0.29, 0.717) is 24.2 Å². The third-order valence-corrected chi connectivity index (χ3v) is 11.5. The number of para-hydroxylation sites is 2. The molecule has 4 aromatic rings. The molecule has 2 atom stereocenters. The van der Waals surface area contributed by atoms with Crippen LogP contribution in [0.3, 0.4) is 0 Å². The van der Waals surface area contributed by atoms with E-state index in [1.165, 1.54) is 87.0 Å². The molecule has 2 aliphatic carbocycles. The van der Waals surface area contributed by atoms with Gasteiger partial charge in [0.15, 0.2) is 0 Å². The first-order chi connectivity index (χ1) is 24.1. The molecule has 0 amide bonds. The first-order valence-corrected chi connectivity index (χ1v) is 19.3. The van der Waals surface area contributed by atoms with Gasteiger partial charge in [-0.2, -0.15) is 0 Å². The molecule has 0 aromatic heterocycles. The lowest BCUT2D eigenvalue weighted by molar-refractivity contribution is 0.186. The quantitative estimate of drug-likeness (QED) is 0.197. The van der Waals surface area contributed by atoms with Crippen molar-refractivity contribution in [1.29, 1.82) is 0 Å². The van der Waals surface area contributed by atoms with Crippen LogP contribution in [0.5, 0.6) is 0 Å². The Morgan fingerprint density at radius 1 is 0.592 bits per heavy atom. The van der Waals surface area contributed by atoms with Crippen LogP contribution in [0.4, 0.5) is 11.4 Å². The largest absolute Gasteiger partial charge is 0.382 e. The minimum Gasteiger partial charge on any atom is -0.382 e. The minimum absolute atomic E-state index is 0.555. The van der Waals surface area contributed by atoms with E-state index in [1.807, 2.05) is 0 Å². The number of likely N-dealkylation sites (N-methyl/N-ethyl adjacent to an activating group) is 1. The second kappa shape index (κ2) is 18.1. The van der Waals surface area contributed by atoms with Gasteiger partial charge in [-0.25, -0.2) is 0 Å². The zero-order valence-electron chi connectivity index (χ0n) is 29.8. The van der Waals surface area contributed by atoms with Crippen molar-refractivity contribution in [1.82, 2.24) is 9.80 Å². The zero-order valence-corrected chi connectivity index (χ0v) is 30.6. The molecule has 2 fully saturated rings. The fourth-order valence-electron chi connectivity index (χ4n) is 8.21. The number of hydrogen-bond donors (Lipinski definition) is 1. The highest BCUT2D eigenvalue weighted by Crippen LogP contribution is 2.30. The zero-order chi connectivity index (χ0) is 33.8. The number of piperidine rings is 2. The van der Waals surface area contributed by atoms with Crippen LogP contribution in [0.1, 0.15) is 60.8 Å². The fraction of sp³-hybridized carbons (Fsp3) is 0.455. The second-order valence-electron chi connectivity index (χ2n) is 14.6. The highest BCUT2D eigenvalue weighted by molar-refractivity contribution is 6.18. The van der Waals surface area contributed by atoms with Crippen LogP contribution in [0.2, 0.25) is 0 Å². The van der Waals surface area contributed by atoms with Crippen LogP contribution in [0.15, 0.2) is 109 Å². The standard InChI is InChI=1S/C22H28N2.C15H15N.C7H14ClN/c1-23-14-8-7-13-21(23)17-24(20-11-3-2-4-12-20)22-15-18-9-5-6-10-19(18)16-22;1-2-8-14(9-3-1)16-15-10-12-6-4-5-7-13(12)11-15;1-9-5-3-2-4-7(9)6-8/h2-6,9-12,21-22H,7-8,13-17H2,1H3;1-9,15-16H,10-11H2;7H,2-6H2,1H3. The summed E-state index contributed by atoms with van der Waals surface area (Å²) in [6, 6.07) is 41.7. The van der Waals surface area contributed by atoms with Crippen LogP contribution in [-0.2, 0) is 25.7 Å². The van der Waals surface area contributed by atoms with Crippen molar-refractivity contribution in [3.05, 3.63) is 131 Å². The Bertz CT molecular complexity index is 1500. The number of nitrogens with zero attached hydrogens (tertiary/aromatic N) is 3. The first kappa shape index (κ1) is 35.5. The number of anilines is 2. The van der Waals surface area contributed by atoms with E-state index in [4.69, 9.17) is 11.6 Å². The van der Waals surface area contributed by atoms with Gasteiger partial charge in [-0.3, -0.25) is 0 Å². The van der Waals surface area contributed by atoms with Gasteiger partial charge < -0.3 is 20.0 Å². The van der Waals surface area contributed by atoms with E-state index < -0.39 is 0 Å². The van der Waals surface area contributed by atoms with Crippen molar-refractivity contribution in [3.63, 3.8) is 0 Å². The summed E-state index contributed by atoms with van der Waals surface area (Å²) in [6.07, 6.45) is 12.7. The molecule has 2 heterocycles. The number of alkyl halides is 1. The Kier molecular flexibility index (Phi) is 13.1. The molecule has 49 heavy (non-hydrogen) atoms. The summed E-state index contributed by atoms with van der Waals surface area (Å²) in [5, 5.41) is 3.59. The van der Waals surface area contributed by atoms with Crippen molar-refractivity contribution in [2.24, 2.45) is 0 Å². The summed E-state index contributed by atoms with van der Waals surface area (Å²) in [5.41, 5.74) is 8.68. The molecule has 2 aliphatic heterocycles. The molecule has 4 aliphatic rings. The highest BCUT2D eigenvalue weighted by Gasteiger charge is 2.30. The average molecular weight is 677 g/mol. The maximum Gasteiger partial charge on any atom is 0.0379 e. The Morgan fingerprint density at radius 2 is 1.06 bits per heavy atom. The van der Waals surface area contributed by atoms with E-state index in [1.54, 1.807) is 11.1 Å². The third kappa shape index (κ3) is 9.90. The summed E-state index contributed by atoms with van der Waals surface area (Å²) in [5.74, 6) is 0.802. The molecule has 0 bridgehead atoms. The van der Waals surface area contributed by atoms with Crippen molar-refractivity contribution >= 4 is 23.0 Å². The Labute approximate surface area is 301 Å². The van der Waals surface area contributed by atoms with Gasteiger partial charge in [-0.05, 0) is 125 Å². The number of benzene rings is 4. The van der Waals surface area contributed by atoms with Crippen molar-refractivity contribution in [3.8, 4) is 0 Å². The van der Waals surface area contributed by atoms with Crippen LogP contribution in [0, 0.1) is 0 Å². The van der Waals surface area contributed by atoms with E-state index in [-0.39, 0.29) is 0 Å². The number of halogens is 1. The van der Waals surface area contributed by atoms with Crippen LogP contribution < -0.4 is 10.2 Å². The van der Waals surface area contributed by atoms with E-state index >= 15 is 0 Å². The van der Waals surface area contributed by atoms with E-state index in [0.717, 1.165) is 25.3 Å². The summed E-state index contributed by atoms with van der Waals surface area (Å²) in [4.78, 5) is 7.62. The van der Waals surface area contributed by atoms with Gasteiger partial charge in [0, 0.05) is 48.0 Å². The smallest absolute Gasteiger partial charge is 0.0379 e. The summed E-state index contributed by atoms with van der Waals surface area (Å²) in [6.45, 7) is 3.63. The number of nitrogens with one attached hydrogen (secondary N) is 1. The molecule has 260 valence electrons. The Balaban J connectivity index is 0.000000143. The van der Waals surface area contributed by atoms with Gasteiger partial charge in [0.2, 0.25) is 0 Å². The van der Waals surface area contributed by atoms with Crippen LogP contribution in [0.25, 0.3) is 0 Å². The van der Waals surface area contributed by atoms with Gasteiger partial charge in [0.05, 0.1) is 0 Å². The SMILES string of the molecule is CN1CCCCC1CCl.CN1CCCCC1CN(c1ccccc1)C1Cc2ccccc2C1.c1ccc(NC2Cc3ccccc3C2)cc1. The lowest BCUT2D eigenvalue weighted by Gasteiger charge is -2.40. The van der Waals surface area contributed by atoms with Crippen LogP contribution in [-0.4, -0.2) is 73.6 Å². The lowest BCUT2D eigenvalue weighted by Crippen LogP contribution is -2.48. The molecule has 2 unspecified atom stereocenters. The van der Waals surface area contributed by atoms with Gasteiger partial charge in [-0.1, -0.05) is 97.8 Å². The van der Waals surface area contributed by atoms with E-state index in [2.05, 4.69) is 143 Å². The molecule has 1 N–H and O–H groups in total. The average Bonchev–Trinajstić information content (AvgIpc) is 3.77. The third-order valence-electron chi connectivity index (χ3n) is 11.2. The first-order valence-electron chi connectivity index (χ1n) is 18.8.